The van der Waals surface area contributed by atoms with E-state index in [1.807, 2.05) is 23.5 Å². The van der Waals surface area contributed by atoms with Gasteiger partial charge in [-0.15, -0.1) is 23.5 Å². The first-order chi connectivity index (χ1) is 23.1. The molecule has 0 unspecified atom stereocenters. The summed E-state index contributed by atoms with van der Waals surface area (Å²) in [6, 6.07) is 0. The van der Waals surface area contributed by atoms with Crippen molar-refractivity contribution in [3.8, 4) is 0 Å². The SMILES string of the molecule is COCOCC1(C)CCCCC1.COCSCC1(C)CCCCC1.CSCOCC1(C)CCCCC1.CSCSCC1(C)CCCCC1. The van der Waals surface area contributed by atoms with Crippen LogP contribution in [-0.2, 0) is 18.9 Å². The minimum Gasteiger partial charge on any atom is -0.374 e. The van der Waals surface area contributed by atoms with Gasteiger partial charge in [-0.1, -0.05) is 105 Å². The standard InChI is InChI=1S/C10H20O2.2C10H20OS.C10H20S2/c1-10(8-12-9-11-2)6-4-3-5-7-10;1-10(8-11-9-12-2)6-4-3-5-7-10;2*1-10(8-12-9-11-2)6-4-3-5-7-10/h4*3-9H2,1-2H3. The molecule has 0 heterocycles. The second-order valence-corrected chi connectivity index (χ2v) is 20.5. The molecule has 4 saturated carbocycles. The predicted molar refractivity (Wildman–Crippen MR) is 222 cm³/mol. The van der Waals surface area contributed by atoms with E-state index in [-0.39, 0.29) is 0 Å². The highest BCUT2D eigenvalue weighted by molar-refractivity contribution is 8.15. The summed E-state index contributed by atoms with van der Waals surface area (Å²) in [7, 11) is 3.44. The van der Waals surface area contributed by atoms with E-state index in [9.17, 15) is 0 Å². The van der Waals surface area contributed by atoms with Crippen LogP contribution in [0.2, 0.25) is 0 Å². The Morgan fingerprint density at radius 1 is 0.438 bits per heavy atom. The van der Waals surface area contributed by atoms with Crippen LogP contribution in [0.15, 0.2) is 0 Å². The lowest BCUT2D eigenvalue weighted by molar-refractivity contribution is -0.0684. The molecule has 0 aromatic heterocycles. The Morgan fingerprint density at radius 3 is 1.21 bits per heavy atom. The number of hydrogen-bond acceptors (Lipinski definition) is 8. The third kappa shape index (κ3) is 23.7. The molecule has 8 heteroatoms. The summed E-state index contributed by atoms with van der Waals surface area (Å²) in [6.45, 7) is 11.9. The monoisotopic (exact) mass is 752 g/mol. The van der Waals surface area contributed by atoms with Crippen molar-refractivity contribution >= 4 is 47.0 Å². The summed E-state index contributed by atoms with van der Waals surface area (Å²) in [5, 5.41) is 1.27. The summed E-state index contributed by atoms with van der Waals surface area (Å²) in [5.41, 5.74) is 2.21. The maximum atomic E-state index is 5.59. The van der Waals surface area contributed by atoms with E-state index in [4.69, 9.17) is 18.9 Å². The molecule has 4 aliphatic rings. The van der Waals surface area contributed by atoms with Gasteiger partial charge >= 0.3 is 0 Å². The Hall–Kier alpha value is 1.24. The Morgan fingerprint density at radius 2 is 0.833 bits per heavy atom. The summed E-state index contributed by atoms with van der Waals surface area (Å²) < 4.78 is 20.9. The zero-order valence-electron chi connectivity index (χ0n) is 33.1. The molecule has 0 spiro atoms. The van der Waals surface area contributed by atoms with Gasteiger partial charge in [-0.2, -0.15) is 23.5 Å². The molecule has 0 amide bonds. The van der Waals surface area contributed by atoms with E-state index in [0.717, 1.165) is 25.1 Å². The molecule has 4 rings (SSSR count). The fourth-order valence-corrected chi connectivity index (χ4v) is 10.7. The third-order valence-electron chi connectivity index (χ3n) is 10.8. The minimum absolute atomic E-state index is 0.427. The van der Waals surface area contributed by atoms with Crippen molar-refractivity contribution in [2.45, 2.75) is 156 Å². The number of ether oxygens (including phenoxy) is 4. The van der Waals surface area contributed by atoms with Crippen molar-refractivity contribution in [3.63, 3.8) is 0 Å². The molecule has 4 nitrogen and oxygen atoms in total. The highest BCUT2D eigenvalue weighted by Crippen LogP contribution is 2.40. The molecule has 0 aliphatic heterocycles. The fourth-order valence-electron chi connectivity index (χ4n) is 7.68. The van der Waals surface area contributed by atoms with Gasteiger partial charge in [-0.3, -0.25) is 0 Å². The molecule has 0 atom stereocenters. The second-order valence-electron chi connectivity index (χ2n) is 16.5. The van der Waals surface area contributed by atoms with Gasteiger partial charge in [0, 0.05) is 25.1 Å². The van der Waals surface area contributed by atoms with Crippen molar-refractivity contribution < 1.29 is 18.9 Å². The van der Waals surface area contributed by atoms with Crippen LogP contribution >= 0.6 is 47.0 Å². The van der Waals surface area contributed by atoms with Crippen LogP contribution in [0.5, 0.6) is 0 Å². The molecule has 0 aromatic carbocycles. The van der Waals surface area contributed by atoms with Crippen LogP contribution in [0.3, 0.4) is 0 Å². The average Bonchev–Trinajstić information content (AvgIpc) is 3.07. The molecule has 0 saturated heterocycles. The second kappa shape index (κ2) is 28.7. The van der Waals surface area contributed by atoms with Crippen molar-refractivity contribution in [1.82, 2.24) is 0 Å². The van der Waals surface area contributed by atoms with E-state index in [2.05, 4.69) is 52.0 Å². The molecule has 4 aliphatic carbocycles. The largest absolute Gasteiger partial charge is 0.374 e. The van der Waals surface area contributed by atoms with Crippen LogP contribution in [0.1, 0.15) is 156 Å². The molecule has 0 N–H and O–H groups in total. The molecule has 0 radical (unpaired) electrons. The van der Waals surface area contributed by atoms with Gasteiger partial charge in [0.1, 0.15) is 6.79 Å². The van der Waals surface area contributed by atoms with E-state index in [1.165, 1.54) is 145 Å². The smallest absolute Gasteiger partial charge is 0.146 e. The van der Waals surface area contributed by atoms with Crippen LogP contribution < -0.4 is 0 Å². The lowest BCUT2D eigenvalue weighted by atomic mass is 9.76. The van der Waals surface area contributed by atoms with Crippen molar-refractivity contribution in [1.29, 1.82) is 0 Å². The van der Waals surface area contributed by atoms with Crippen molar-refractivity contribution in [2.24, 2.45) is 21.7 Å². The van der Waals surface area contributed by atoms with Gasteiger partial charge in [0.2, 0.25) is 0 Å². The van der Waals surface area contributed by atoms with Gasteiger partial charge in [-0.25, -0.2) is 0 Å². The summed E-state index contributed by atoms with van der Waals surface area (Å²) in [4.78, 5) is 0. The first-order valence-corrected chi connectivity index (χ1v) is 24.4. The van der Waals surface area contributed by atoms with E-state index < -0.39 is 0 Å². The lowest BCUT2D eigenvalue weighted by Crippen LogP contribution is -2.26. The Bertz CT molecular complexity index is 596. The number of hydrogen-bond donors (Lipinski definition) is 0. The van der Waals surface area contributed by atoms with Gasteiger partial charge in [0.05, 0.1) is 25.1 Å². The fraction of sp³-hybridized carbons (Fsp3) is 1.00. The first kappa shape index (κ1) is 47.3. The Labute approximate surface area is 317 Å². The van der Waals surface area contributed by atoms with Gasteiger partial charge < -0.3 is 18.9 Å². The molecule has 0 bridgehead atoms. The topological polar surface area (TPSA) is 36.9 Å². The van der Waals surface area contributed by atoms with E-state index >= 15 is 0 Å². The van der Waals surface area contributed by atoms with E-state index in [1.54, 1.807) is 26.0 Å². The Kier molecular flexibility index (Phi) is 28.3. The van der Waals surface area contributed by atoms with Crippen LogP contribution in [0, 0.1) is 21.7 Å². The highest BCUT2D eigenvalue weighted by Gasteiger charge is 2.29. The number of thioether (sulfide) groups is 4. The van der Waals surface area contributed by atoms with Crippen molar-refractivity contribution in [3.05, 3.63) is 0 Å². The molecular formula is C40H80O4S4. The van der Waals surface area contributed by atoms with Crippen LogP contribution in [-0.4, -0.2) is 75.2 Å². The molecule has 288 valence electrons. The number of methoxy groups -OCH3 is 2. The normalized spacial score (nSPS) is 22.5. The van der Waals surface area contributed by atoms with Gasteiger partial charge in [-0.05, 0) is 91.3 Å². The summed E-state index contributed by atoms with van der Waals surface area (Å²) in [6.07, 6.45) is 32.5. The highest BCUT2D eigenvalue weighted by atomic mass is 32.2. The maximum absolute atomic E-state index is 5.59. The molecule has 48 heavy (non-hydrogen) atoms. The Balaban J connectivity index is 0.000000320. The average molecular weight is 753 g/mol. The van der Waals surface area contributed by atoms with Gasteiger partial charge in [0.15, 0.2) is 0 Å². The predicted octanol–water partition coefficient (Wildman–Crippen LogP) is 13.2. The summed E-state index contributed by atoms with van der Waals surface area (Å²) >= 11 is 7.78. The zero-order chi connectivity index (χ0) is 35.5. The quantitative estimate of drug-likeness (QED) is 0.114. The first-order valence-electron chi connectivity index (χ1n) is 19.3. The number of rotatable bonds is 16. The van der Waals surface area contributed by atoms with Crippen LogP contribution in [0.4, 0.5) is 0 Å². The van der Waals surface area contributed by atoms with E-state index in [0.29, 0.717) is 28.5 Å². The lowest BCUT2D eigenvalue weighted by Gasteiger charge is -2.33. The zero-order valence-corrected chi connectivity index (χ0v) is 36.3. The molecular weight excluding hydrogens is 673 g/mol. The van der Waals surface area contributed by atoms with Crippen LogP contribution in [0.25, 0.3) is 0 Å². The maximum Gasteiger partial charge on any atom is 0.146 e. The molecule has 0 aromatic rings. The minimum atomic E-state index is 0.427. The molecule has 4 fully saturated rings. The van der Waals surface area contributed by atoms with Crippen molar-refractivity contribution in [2.75, 3.05) is 75.2 Å². The summed E-state index contributed by atoms with van der Waals surface area (Å²) in [5.74, 6) is 4.37. The van der Waals surface area contributed by atoms with Gasteiger partial charge in [0.25, 0.3) is 0 Å². The third-order valence-corrected chi connectivity index (χ3v) is 15.1.